The van der Waals surface area contributed by atoms with Gasteiger partial charge in [0.05, 0.1) is 19.8 Å². The second-order valence-corrected chi connectivity index (χ2v) is 4.91. The maximum Gasteiger partial charge on any atom is 0.181 e. The van der Waals surface area contributed by atoms with Crippen molar-refractivity contribution < 1.29 is 4.74 Å². The quantitative estimate of drug-likeness (QED) is 0.837. The van der Waals surface area contributed by atoms with Crippen molar-refractivity contribution in [3.8, 4) is 11.4 Å². The van der Waals surface area contributed by atoms with E-state index >= 15 is 0 Å². The van der Waals surface area contributed by atoms with Crippen LogP contribution in [0.1, 0.15) is 0 Å². The van der Waals surface area contributed by atoms with Gasteiger partial charge in [0.15, 0.2) is 5.82 Å². The van der Waals surface area contributed by atoms with Crippen LogP contribution in [0, 0.1) is 0 Å². The van der Waals surface area contributed by atoms with Crippen molar-refractivity contribution in [1.29, 1.82) is 0 Å². The van der Waals surface area contributed by atoms with Crippen LogP contribution in [0.4, 0.5) is 5.69 Å². The van der Waals surface area contributed by atoms with E-state index < -0.39 is 0 Å². The molecule has 0 aliphatic carbocycles. The average Bonchev–Trinajstić information content (AvgIpc) is 2.96. The van der Waals surface area contributed by atoms with E-state index in [4.69, 9.17) is 10.5 Å². The number of nitrogens with two attached hydrogens (primary N) is 1. The third kappa shape index (κ3) is 3.15. The van der Waals surface area contributed by atoms with Crippen molar-refractivity contribution in [2.24, 2.45) is 0 Å². The van der Waals surface area contributed by atoms with Crippen LogP contribution in [0.25, 0.3) is 11.4 Å². The number of hydrogen-bond acceptors (Lipinski definition) is 5. The van der Waals surface area contributed by atoms with Gasteiger partial charge >= 0.3 is 0 Å². The summed E-state index contributed by atoms with van der Waals surface area (Å²) in [6.07, 6.45) is 1.78. The van der Waals surface area contributed by atoms with Gasteiger partial charge in [-0.15, -0.1) is 0 Å². The third-order valence-electron chi connectivity index (χ3n) is 3.45. The predicted octanol–water partition coefficient (Wildman–Crippen LogP) is 0.859. The lowest BCUT2D eigenvalue weighted by atomic mass is 10.2. The molecule has 0 amide bonds. The Balaban J connectivity index is 1.60. The van der Waals surface area contributed by atoms with Crippen LogP contribution in [0.2, 0.25) is 0 Å². The van der Waals surface area contributed by atoms with E-state index in [1.165, 1.54) is 0 Å². The Morgan fingerprint density at radius 1 is 1.10 bits per heavy atom. The predicted molar refractivity (Wildman–Crippen MR) is 77.1 cm³/mol. The van der Waals surface area contributed by atoms with Crippen molar-refractivity contribution in [2.75, 3.05) is 38.6 Å². The topological polar surface area (TPSA) is 69.2 Å². The molecule has 106 valence electrons. The highest BCUT2D eigenvalue weighted by molar-refractivity contribution is 5.57. The number of rotatable bonds is 4. The molecule has 1 aliphatic heterocycles. The Bertz CT molecular complexity index is 545. The van der Waals surface area contributed by atoms with Gasteiger partial charge in [-0.2, -0.15) is 5.10 Å². The summed E-state index contributed by atoms with van der Waals surface area (Å²) in [4.78, 5) is 6.73. The number of ether oxygens (including phenoxy) is 1. The highest BCUT2D eigenvalue weighted by atomic mass is 16.5. The molecule has 0 bridgehead atoms. The van der Waals surface area contributed by atoms with Crippen LogP contribution in [-0.2, 0) is 11.3 Å². The summed E-state index contributed by atoms with van der Waals surface area (Å²) in [7, 11) is 0. The number of nitrogens with zero attached hydrogens (tertiary/aromatic N) is 4. The molecule has 6 nitrogen and oxygen atoms in total. The molecule has 1 aromatic heterocycles. The fourth-order valence-corrected chi connectivity index (χ4v) is 2.24. The van der Waals surface area contributed by atoms with Gasteiger partial charge in [0.2, 0.25) is 0 Å². The van der Waals surface area contributed by atoms with Gasteiger partial charge in [-0.1, -0.05) is 0 Å². The lowest BCUT2D eigenvalue weighted by Crippen LogP contribution is -2.38. The van der Waals surface area contributed by atoms with Crippen molar-refractivity contribution in [3.05, 3.63) is 30.6 Å². The van der Waals surface area contributed by atoms with Crippen LogP contribution in [0.15, 0.2) is 30.6 Å². The van der Waals surface area contributed by atoms with Crippen molar-refractivity contribution in [3.63, 3.8) is 0 Å². The van der Waals surface area contributed by atoms with Gasteiger partial charge in [-0.3, -0.25) is 9.58 Å². The molecule has 2 N–H and O–H groups in total. The minimum atomic E-state index is 0.743. The largest absolute Gasteiger partial charge is 0.399 e. The maximum atomic E-state index is 5.68. The summed E-state index contributed by atoms with van der Waals surface area (Å²) >= 11 is 0. The fraction of sp³-hybridized carbons (Fsp3) is 0.429. The van der Waals surface area contributed by atoms with Gasteiger partial charge in [-0.25, -0.2) is 4.98 Å². The highest BCUT2D eigenvalue weighted by Crippen LogP contribution is 2.15. The molecule has 0 atom stereocenters. The second kappa shape index (κ2) is 6.02. The van der Waals surface area contributed by atoms with Gasteiger partial charge in [0, 0.05) is 30.9 Å². The molecule has 0 spiro atoms. The van der Waals surface area contributed by atoms with E-state index in [0.717, 1.165) is 56.5 Å². The Hall–Kier alpha value is -1.92. The standard InChI is InChI=1S/C14H19N5O/c15-13-3-1-12(2-4-13)14-16-11-19(17-14)6-5-18-7-9-20-10-8-18/h1-4,11H,5-10,15H2. The number of aromatic nitrogens is 3. The summed E-state index contributed by atoms with van der Waals surface area (Å²) in [6, 6.07) is 7.61. The maximum absolute atomic E-state index is 5.68. The molecule has 1 saturated heterocycles. The van der Waals surface area contributed by atoms with Crippen LogP contribution in [0.5, 0.6) is 0 Å². The summed E-state index contributed by atoms with van der Waals surface area (Å²) in [5.74, 6) is 0.743. The summed E-state index contributed by atoms with van der Waals surface area (Å²) < 4.78 is 7.23. The molecule has 0 radical (unpaired) electrons. The molecule has 2 heterocycles. The van der Waals surface area contributed by atoms with E-state index in [1.807, 2.05) is 28.9 Å². The molecule has 0 unspecified atom stereocenters. The van der Waals surface area contributed by atoms with E-state index in [1.54, 1.807) is 6.33 Å². The zero-order chi connectivity index (χ0) is 13.8. The van der Waals surface area contributed by atoms with Crippen molar-refractivity contribution in [1.82, 2.24) is 19.7 Å². The van der Waals surface area contributed by atoms with Gasteiger partial charge < -0.3 is 10.5 Å². The Kier molecular flexibility index (Phi) is 3.94. The Morgan fingerprint density at radius 3 is 2.60 bits per heavy atom. The first-order valence-corrected chi connectivity index (χ1v) is 6.87. The molecule has 1 fully saturated rings. The van der Waals surface area contributed by atoms with E-state index in [2.05, 4.69) is 15.0 Å². The number of hydrogen-bond donors (Lipinski definition) is 1. The monoisotopic (exact) mass is 273 g/mol. The molecule has 1 aliphatic rings. The molecular weight excluding hydrogens is 254 g/mol. The van der Waals surface area contributed by atoms with Gasteiger partial charge in [0.1, 0.15) is 6.33 Å². The Labute approximate surface area is 118 Å². The van der Waals surface area contributed by atoms with Gasteiger partial charge in [0.25, 0.3) is 0 Å². The number of morpholine rings is 1. The second-order valence-electron chi connectivity index (χ2n) is 4.91. The van der Waals surface area contributed by atoms with Crippen LogP contribution >= 0.6 is 0 Å². The highest BCUT2D eigenvalue weighted by Gasteiger charge is 2.10. The van der Waals surface area contributed by atoms with Crippen LogP contribution in [0.3, 0.4) is 0 Å². The van der Waals surface area contributed by atoms with Crippen LogP contribution in [-0.4, -0.2) is 52.5 Å². The number of nitrogen functional groups attached to an aromatic ring is 1. The molecule has 1 aromatic carbocycles. The number of anilines is 1. The van der Waals surface area contributed by atoms with E-state index in [9.17, 15) is 0 Å². The molecule has 3 rings (SSSR count). The first-order valence-electron chi connectivity index (χ1n) is 6.87. The molecular formula is C14H19N5O. The molecule has 0 saturated carbocycles. The number of benzene rings is 1. The zero-order valence-electron chi connectivity index (χ0n) is 11.4. The molecule has 2 aromatic rings. The summed E-state index contributed by atoms with van der Waals surface area (Å²) in [6.45, 7) is 5.48. The summed E-state index contributed by atoms with van der Waals surface area (Å²) in [5, 5.41) is 4.50. The first-order chi connectivity index (χ1) is 9.81. The summed E-state index contributed by atoms with van der Waals surface area (Å²) in [5.41, 5.74) is 7.42. The zero-order valence-corrected chi connectivity index (χ0v) is 11.4. The third-order valence-corrected chi connectivity index (χ3v) is 3.45. The van der Waals surface area contributed by atoms with E-state index in [-0.39, 0.29) is 0 Å². The fourth-order valence-electron chi connectivity index (χ4n) is 2.24. The lowest BCUT2D eigenvalue weighted by Gasteiger charge is -2.26. The van der Waals surface area contributed by atoms with Crippen LogP contribution < -0.4 is 5.73 Å². The lowest BCUT2D eigenvalue weighted by molar-refractivity contribution is 0.0359. The van der Waals surface area contributed by atoms with Crippen molar-refractivity contribution >= 4 is 5.69 Å². The SMILES string of the molecule is Nc1ccc(-c2ncn(CCN3CCOCC3)n2)cc1. The molecule has 20 heavy (non-hydrogen) atoms. The van der Waals surface area contributed by atoms with Crippen molar-refractivity contribution in [2.45, 2.75) is 6.54 Å². The first kappa shape index (κ1) is 13.1. The smallest absolute Gasteiger partial charge is 0.181 e. The van der Waals surface area contributed by atoms with E-state index in [0.29, 0.717) is 0 Å². The minimum Gasteiger partial charge on any atom is -0.399 e. The Morgan fingerprint density at radius 2 is 1.85 bits per heavy atom. The average molecular weight is 273 g/mol. The minimum absolute atomic E-state index is 0.743. The normalized spacial score (nSPS) is 16.4. The molecule has 6 heteroatoms. The van der Waals surface area contributed by atoms with Gasteiger partial charge in [-0.05, 0) is 24.3 Å².